The lowest BCUT2D eigenvalue weighted by molar-refractivity contribution is -0.132. The number of para-hydroxylation sites is 1. The molecule has 2 rings (SSSR count). The highest BCUT2D eigenvalue weighted by Gasteiger charge is 2.27. The summed E-state index contributed by atoms with van der Waals surface area (Å²) in [5, 5.41) is 4.17. The number of ether oxygens (including phenoxy) is 1. The highest BCUT2D eigenvalue weighted by Crippen LogP contribution is 2.24. The fourth-order valence-electron chi connectivity index (χ4n) is 2.47. The number of amides is 1. The van der Waals surface area contributed by atoms with Crippen LogP contribution in [0.1, 0.15) is 25.3 Å². The van der Waals surface area contributed by atoms with Crippen LogP contribution in [0.25, 0.3) is 0 Å². The molecular weight excluding hydrogens is 280 g/mol. The molecule has 0 radical (unpaired) electrons. The molecule has 0 bridgehead atoms. The van der Waals surface area contributed by atoms with Gasteiger partial charge in [-0.3, -0.25) is 4.79 Å². The molecule has 1 aromatic carbocycles. The Morgan fingerprint density at radius 3 is 3.00 bits per heavy atom. The van der Waals surface area contributed by atoms with Crippen LogP contribution in [-0.4, -0.2) is 42.8 Å². The van der Waals surface area contributed by atoms with Gasteiger partial charge in [-0.25, -0.2) is 0 Å². The van der Waals surface area contributed by atoms with Crippen LogP contribution in [0, 0.1) is 0 Å². The van der Waals surface area contributed by atoms with Gasteiger partial charge in [0.05, 0.1) is 19.4 Å². The molecule has 0 saturated carbocycles. The molecule has 0 fully saturated rings. The van der Waals surface area contributed by atoms with Crippen LogP contribution < -0.4 is 4.74 Å². The fraction of sp³-hybridized carbons (Fsp3) is 0.412. The summed E-state index contributed by atoms with van der Waals surface area (Å²) in [4.78, 5) is 19.2. The lowest BCUT2D eigenvalue weighted by atomic mass is 10.0. The van der Waals surface area contributed by atoms with Crippen molar-refractivity contribution in [2.75, 3.05) is 20.2 Å². The van der Waals surface area contributed by atoms with Gasteiger partial charge in [0.2, 0.25) is 5.91 Å². The summed E-state index contributed by atoms with van der Waals surface area (Å²) in [5.74, 6) is 0.868. The zero-order valence-corrected chi connectivity index (χ0v) is 13.1. The SMILES string of the molecule is C=CCN(C[C@H]1CC(c2ccccc2OC)=NO1)C(=O)CC. The molecule has 1 amide bonds. The quantitative estimate of drug-likeness (QED) is 0.728. The van der Waals surface area contributed by atoms with Crippen molar-refractivity contribution >= 4 is 11.6 Å². The Balaban J connectivity index is 2.02. The summed E-state index contributed by atoms with van der Waals surface area (Å²) in [6, 6.07) is 7.72. The Kier molecular flexibility index (Phi) is 5.58. The minimum atomic E-state index is -0.129. The number of hydrogen-bond donors (Lipinski definition) is 0. The summed E-state index contributed by atoms with van der Waals surface area (Å²) in [6.45, 7) is 6.59. The van der Waals surface area contributed by atoms with E-state index in [4.69, 9.17) is 9.57 Å². The molecule has 1 atom stereocenters. The molecule has 5 nitrogen and oxygen atoms in total. The highest BCUT2D eigenvalue weighted by molar-refractivity contribution is 6.03. The fourth-order valence-corrected chi connectivity index (χ4v) is 2.47. The molecule has 1 heterocycles. The summed E-state index contributed by atoms with van der Waals surface area (Å²) in [7, 11) is 1.64. The summed E-state index contributed by atoms with van der Waals surface area (Å²) >= 11 is 0. The third kappa shape index (κ3) is 3.67. The Morgan fingerprint density at radius 1 is 1.55 bits per heavy atom. The number of carbonyl (C=O) groups is 1. The van der Waals surface area contributed by atoms with E-state index >= 15 is 0 Å². The maximum absolute atomic E-state index is 11.9. The van der Waals surface area contributed by atoms with Crippen LogP contribution >= 0.6 is 0 Å². The molecule has 1 aliphatic heterocycles. The van der Waals surface area contributed by atoms with Crippen LogP contribution in [0.5, 0.6) is 5.75 Å². The number of nitrogens with zero attached hydrogens (tertiary/aromatic N) is 2. The number of carbonyl (C=O) groups excluding carboxylic acids is 1. The maximum atomic E-state index is 11.9. The Labute approximate surface area is 131 Å². The molecule has 0 aromatic heterocycles. The van der Waals surface area contributed by atoms with Gasteiger partial charge < -0.3 is 14.5 Å². The van der Waals surface area contributed by atoms with Crippen LogP contribution in [0.15, 0.2) is 42.1 Å². The van der Waals surface area contributed by atoms with E-state index in [0.717, 1.165) is 17.0 Å². The van der Waals surface area contributed by atoms with Gasteiger partial charge in [0, 0.05) is 24.9 Å². The minimum Gasteiger partial charge on any atom is -0.496 e. The first-order valence-electron chi connectivity index (χ1n) is 7.44. The average Bonchev–Trinajstić information content (AvgIpc) is 3.02. The van der Waals surface area contributed by atoms with Crippen molar-refractivity contribution in [1.82, 2.24) is 4.90 Å². The first-order chi connectivity index (χ1) is 10.7. The third-order valence-electron chi connectivity index (χ3n) is 3.58. The molecule has 118 valence electrons. The molecule has 0 aliphatic carbocycles. The van der Waals surface area contributed by atoms with Gasteiger partial charge in [0.25, 0.3) is 0 Å². The van der Waals surface area contributed by atoms with Crippen LogP contribution in [0.3, 0.4) is 0 Å². The van der Waals surface area contributed by atoms with Crippen molar-refractivity contribution < 1.29 is 14.4 Å². The summed E-state index contributed by atoms with van der Waals surface area (Å²) in [6.07, 6.45) is 2.73. The van der Waals surface area contributed by atoms with E-state index in [2.05, 4.69) is 11.7 Å². The maximum Gasteiger partial charge on any atom is 0.222 e. The summed E-state index contributed by atoms with van der Waals surface area (Å²) in [5.41, 5.74) is 1.79. The molecule has 0 N–H and O–H groups in total. The Morgan fingerprint density at radius 2 is 2.32 bits per heavy atom. The van der Waals surface area contributed by atoms with Crippen LogP contribution in [-0.2, 0) is 9.63 Å². The number of rotatable bonds is 7. The van der Waals surface area contributed by atoms with Crippen molar-refractivity contribution in [3.63, 3.8) is 0 Å². The molecule has 0 saturated heterocycles. The molecule has 22 heavy (non-hydrogen) atoms. The first kappa shape index (κ1) is 16.1. The van der Waals surface area contributed by atoms with Crippen molar-refractivity contribution in [1.29, 1.82) is 0 Å². The molecule has 1 aliphatic rings. The topological polar surface area (TPSA) is 51.1 Å². The molecule has 1 aromatic rings. The molecular formula is C17H22N2O3. The van der Waals surface area contributed by atoms with E-state index in [-0.39, 0.29) is 12.0 Å². The average molecular weight is 302 g/mol. The van der Waals surface area contributed by atoms with Gasteiger partial charge in [0.1, 0.15) is 5.75 Å². The first-order valence-corrected chi connectivity index (χ1v) is 7.44. The normalized spacial score (nSPS) is 16.6. The zero-order chi connectivity index (χ0) is 15.9. The lowest BCUT2D eigenvalue weighted by Gasteiger charge is -2.22. The van der Waals surface area contributed by atoms with Gasteiger partial charge in [-0.2, -0.15) is 0 Å². The van der Waals surface area contributed by atoms with E-state index in [1.54, 1.807) is 18.1 Å². The number of hydrogen-bond acceptors (Lipinski definition) is 4. The molecule has 0 unspecified atom stereocenters. The van der Waals surface area contributed by atoms with Crippen molar-refractivity contribution in [3.05, 3.63) is 42.5 Å². The second kappa shape index (κ2) is 7.64. The number of methoxy groups -OCH3 is 1. The van der Waals surface area contributed by atoms with E-state index in [1.165, 1.54) is 0 Å². The van der Waals surface area contributed by atoms with Gasteiger partial charge in [-0.15, -0.1) is 6.58 Å². The van der Waals surface area contributed by atoms with E-state index in [9.17, 15) is 4.79 Å². The predicted octanol–water partition coefficient (Wildman–Crippen LogP) is 2.61. The van der Waals surface area contributed by atoms with Gasteiger partial charge in [-0.1, -0.05) is 30.3 Å². The lowest BCUT2D eigenvalue weighted by Crippen LogP contribution is -2.37. The second-order valence-electron chi connectivity index (χ2n) is 5.11. The standard InChI is InChI=1S/C17H22N2O3/c1-4-10-19(17(20)5-2)12-13-11-15(18-22-13)14-8-6-7-9-16(14)21-3/h4,6-9,13H,1,5,10-12H2,2-3H3/t13-/m1/s1. The van der Waals surface area contributed by atoms with E-state index < -0.39 is 0 Å². The Hall–Kier alpha value is -2.30. The van der Waals surface area contributed by atoms with E-state index in [0.29, 0.717) is 25.9 Å². The second-order valence-corrected chi connectivity index (χ2v) is 5.11. The van der Waals surface area contributed by atoms with Gasteiger partial charge >= 0.3 is 0 Å². The Bertz CT molecular complexity index is 569. The van der Waals surface area contributed by atoms with Crippen molar-refractivity contribution in [2.24, 2.45) is 5.16 Å². The highest BCUT2D eigenvalue weighted by atomic mass is 16.6. The molecule has 0 spiro atoms. The van der Waals surface area contributed by atoms with Crippen molar-refractivity contribution in [3.8, 4) is 5.75 Å². The van der Waals surface area contributed by atoms with Crippen LogP contribution in [0.2, 0.25) is 0 Å². The summed E-state index contributed by atoms with van der Waals surface area (Å²) < 4.78 is 5.35. The van der Waals surface area contributed by atoms with Gasteiger partial charge in [0.15, 0.2) is 6.10 Å². The minimum absolute atomic E-state index is 0.0919. The molecule has 5 heteroatoms. The third-order valence-corrected chi connectivity index (χ3v) is 3.58. The largest absolute Gasteiger partial charge is 0.496 e. The van der Waals surface area contributed by atoms with Gasteiger partial charge in [-0.05, 0) is 12.1 Å². The number of benzene rings is 1. The van der Waals surface area contributed by atoms with Crippen molar-refractivity contribution in [2.45, 2.75) is 25.9 Å². The predicted molar refractivity (Wildman–Crippen MR) is 86.1 cm³/mol. The zero-order valence-electron chi connectivity index (χ0n) is 13.1. The number of oxime groups is 1. The monoisotopic (exact) mass is 302 g/mol. The van der Waals surface area contributed by atoms with Crippen LogP contribution in [0.4, 0.5) is 0 Å². The van der Waals surface area contributed by atoms with E-state index in [1.807, 2.05) is 31.2 Å². The smallest absolute Gasteiger partial charge is 0.222 e.